The normalized spacial score (nSPS) is 11.9. The zero-order valence-corrected chi connectivity index (χ0v) is 23.8. The van der Waals surface area contributed by atoms with E-state index in [0.717, 1.165) is 38.8 Å². The Balaban J connectivity index is 1.57. The molecule has 0 saturated carbocycles. The summed E-state index contributed by atoms with van der Waals surface area (Å²) in [7, 11) is 0.351. The van der Waals surface area contributed by atoms with Crippen molar-refractivity contribution in [1.82, 2.24) is 0 Å². The van der Waals surface area contributed by atoms with Gasteiger partial charge in [0.05, 0.1) is 12.1 Å². The summed E-state index contributed by atoms with van der Waals surface area (Å²) in [6.45, 7) is 18.7. The fourth-order valence-corrected chi connectivity index (χ4v) is 8.20. The molecule has 0 bridgehead atoms. The van der Waals surface area contributed by atoms with Crippen molar-refractivity contribution in [3.63, 3.8) is 0 Å². The second kappa shape index (κ2) is 8.68. The van der Waals surface area contributed by atoms with Crippen molar-refractivity contribution in [2.24, 2.45) is 7.05 Å². The number of benzene rings is 4. The number of furan rings is 1. The molecule has 0 atom stereocenters. The molecule has 6 rings (SSSR count). The van der Waals surface area contributed by atoms with Gasteiger partial charge >= 0.3 is 0 Å². The van der Waals surface area contributed by atoms with Gasteiger partial charge in [0.15, 0.2) is 5.69 Å². The van der Waals surface area contributed by atoms with E-state index in [-0.39, 0.29) is 0 Å². The topological polar surface area (TPSA) is 21.4 Å². The molecule has 4 aromatic carbocycles. The van der Waals surface area contributed by atoms with E-state index in [4.69, 9.17) is 11.0 Å². The number of aryl methyl sites for hydroxylation is 3. The van der Waals surface area contributed by atoms with E-state index in [0.29, 0.717) is 5.69 Å². The van der Waals surface area contributed by atoms with Crippen LogP contribution in [0.15, 0.2) is 83.3 Å². The highest BCUT2D eigenvalue weighted by Crippen LogP contribution is 2.41. The molecule has 0 amide bonds. The Hall–Kier alpha value is -4.20. The Labute approximate surface area is 224 Å². The standard InChI is InChI=1S/C34H31N2OSi/c1-21-19-28-27-15-16-29(35-4)23(3)33(27)37-34(28)32(22(21)2)31-17-13-24-20-26(14-18-30(24)36(31)5)38(6,7)25-11-9-8-10-12-25/h8-20H,1-3,5-7H3/q+1. The molecule has 0 fully saturated rings. The maximum absolute atomic E-state index is 7.53. The zero-order chi connectivity index (χ0) is 26.8. The first kappa shape index (κ1) is 24.2. The molecule has 38 heavy (non-hydrogen) atoms. The first-order chi connectivity index (χ1) is 18.2. The van der Waals surface area contributed by atoms with E-state index >= 15 is 0 Å². The molecular weight excluding hydrogens is 480 g/mol. The second-order valence-electron chi connectivity index (χ2n) is 10.9. The van der Waals surface area contributed by atoms with Gasteiger partial charge in [-0.15, -0.1) is 0 Å². The van der Waals surface area contributed by atoms with E-state index in [2.05, 4.69) is 110 Å². The number of aromatic nitrogens is 1. The van der Waals surface area contributed by atoms with E-state index in [1.54, 1.807) is 0 Å². The molecule has 0 radical (unpaired) electrons. The van der Waals surface area contributed by atoms with Crippen molar-refractivity contribution in [2.45, 2.75) is 33.9 Å². The number of hydrogen-bond donors (Lipinski definition) is 0. The summed E-state index contributed by atoms with van der Waals surface area (Å²) in [6, 6.07) is 28.5. The summed E-state index contributed by atoms with van der Waals surface area (Å²) in [4.78, 5) is 3.69. The fourth-order valence-electron chi connectivity index (χ4n) is 5.82. The van der Waals surface area contributed by atoms with Gasteiger partial charge in [0, 0.05) is 28.3 Å². The third kappa shape index (κ3) is 3.50. The summed E-state index contributed by atoms with van der Waals surface area (Å²) in [6.07, 6.45) is 0. The van der Waals surface area contributed by atoms with E-state index < -0.39 is 8.07 Å². The molecule has 0 aliphatic carbocycles. The van der Waals surface area contributed by atoms with Gasteiger partial charge < -0.3 is 4.42 Å². The Bertz CT molecular complexity index is 1940. The minimum atomic E-state index is -1.80. The minimum absolute atomic E-state index is 0.639. The number of nitrogens with zero attached hydrogens (tertiary/aromatic N) is 2. The second-order valence-corrected chi connectivity index (χ2v) is 15.3. The average Bonchev–Trinajstić information content (AvgIpc) is 3.29. The summed E-state index contributed by atoms with van der Waals surface area (Å²) in [5, 5.41) is 6.29. The largest absolute Gasteiger partial charge is 0.456 e. The molecule has 0 unspecified atom stereocenters. The van der Waals surface area contributed by atoms with Gasteiger partial charge in [-0.05, 0) is 55.7 Å². The molecule has 4 heteroatoms. The lowest BCUT2D eigenvalue weighted by molar-refractivity contribution is -0.633. The molecule has 0 spiro atoms. The molecule has 2 aromatic heterocycles. The smallest absolute Gasteiger partial charge is 0.216 e. The SMILES string of the molecule is [C-]#[N+]c1ccc2c(oc3c(-c4ccc5cc([Si](C)(C)c6ccccc6)ccc5[n+]4C)c(C)c(C)cc32)c1C. The van der Waals surface area contributed by atoms with Crippen LogP contribution in [-0.2, 0) is 7.05 Å². The molecular formula is C34H31N2OSi+. The molecule has 6 aromatic rings. The van der Waals surface area contributed by atoms with Gasteiger partial charge in [-0.1, -0.05) is 72.0 Å². The quantitative estimate of drug-likeness (QED) is 0.137. The van der Waals surface area contributed by atoms with E-state index in [9.17, 15) is 0 Å². The van der Waals surface area contributed by atoms with Crippen LogP contribution in [0.4, 0.5) is 5.69 Å². The van der Waals surface area contributed by atoms with Crippen LogP contribution >= 0.6 is 0 Å². The molecule has 0 aliphatic heterocycles. The Kier molecular flexibility index (Phi) is 5.52. The molecule has 3 nitrogen and oxygen atoms in total. The number of pyridine rings is 1. The Morgan fingerprint density at radius 3 is 2.26 bits per heavy atom. The Morgan fingerprint density at radius 1 is 0.763 bits per heavy atom. The number of rotatable bonds is 3. The van der Waals surface area contributed by atoms with Crippen molar-refractivity contribution in [2.75, 3.05) is 0 Å². The van der Waals surface area contributed by atoms with Crippen LogP contribution < -0.4 is 14.9 Å². The van der Waals surface area contributed by atoms with Gasteiger partial charge in [0.2, 0.25) is 11.2 Å². The Morgan fingerprint density at radius 2 is 1.53 bits per heavy atom. The zero-order valence-electron chi connectivity index (χ0n) is 22.8. The van der Waals surface area contributed by atoms with E-state index in [1.807, 2.05) is 19.1 Å². The highest BCUT2D eigenvalue weighted by molar-refractivity contribution is 7.00. The highest BCUT2D eigenvalue weighted by Gasteiger charge is 2.28. The molecule has 2 heterocycles. The lowest BCUT2D eigenvalue weighted by atomic mass is 9.95. The van der Waals surface area contributed by atoms with E-state index in [1.165, 1.54) is 32.4 Å². The van der Waals surface area contributed by atoms with Gasteiger partial charge in [-0.25, -0.2) is 4.85 Å². The van der Waals surface area contributed by atoms with Crippen LogP contribution in [0, 0.1) is 27.3 Å². The molecule has 0 saturated heterocycles. The molecule has 0 aliphatic rings. The van der Waals surface area contributed by atoms with Gasteiger partial charge in [0.1, 0.15) is 26.3 Å². The first-order valence-electron chi connectivity index (χ1n) is 13.0. The predicted octanol–water partition coefficient (Wildman–Crippen LogP) is 7.53. The average molecular weight is 512 g/mol. The van der Waals surface area contributed by atoms with Crippen LogP contribution in [0.1, 0.15) is 16.7 Å². The lowest BCUT2D eigenvalue weighted by Gasteiger charge is -2.23. The lowest BCUT2D eigenvalue weighted by Crippen LogP contribution is -2.52. The van der Waals surface area contributed by atoms with Crippen molar-refractivity contribution in [3.05, 3.63) is 107 Å². The van der Waals surface area contributed by atoms with Gasteiger partial charge in [-0.2, -0.15) is 4.57 Å². The third-order valence-electron chi connectivity index (χ3n) is 8.44. The summed E-state index contributed by atoms with van der Waals surface area (Å²) < 4.78 is 8.87. The van der Waals surface area contributed by atoms with Crippen LogP contribution in [0.25, 0.3) is 48.9 Å². The van der Waals surface area contributed by atoms with Crippen LogP contribution in [0.2, 0.25) is 13.1 Å². The van der Waals surface area contributed by atoms with Gasteiger partial charge in [0.25, 0.3) is 0 Å². The predicted molar refractivity (Wildman–Crippen MR) is 162 cm³/mol. The number of fused-ring (bicyclic) bond motifs is 4. The first-order valence-corrected chi connectivity index (χ1v) is 16.0. The van der Waals surface area contributed by atoms with Crippen molar-refractivity contribution in [3.8, 4) is 11.3 Å². The summed E-state index contributed by atoms with van der Waals surface area (Å²) in [5.74, 6) is 0. The maximum atomic E-state index is 7.53. The van der Waals surface area contributed by atoms with Crippen molar-refractivity contribution >= 4 is 57.0 Å². The van der Waals surface area contributed by atoms with Crippen molar-refractivity contribution in [1.29, 1.82) is 0 Å². The van der Waals surface area contributed by atoms with Crippen LogP contribution in [0.3, 0.4) is 0 Å². The molecule has 0 N–H and O–H groups in total. The molecule has 186 valence electrons. The van der Waals surface area contributed by atoms with Crippen LogP contribution in [0.5, 0.6) is 0 Å². The monoisotopic (exact) mass is 511 g/mol. The minimum Gasteiger partial charge on any atom is -0.456 e. The summed E-state index contributed by atoms with van der Waals surface area (Å²) in [5.41, 5.74) is 9.11. The summed E-state index contributed by atoms with van der Waals surface area (Å²) >= 11 is 0. The van der Waals surface area contributed by atoms with Crippen LogP contribution in [-0.4, -0.2) is 8.07 Å². The van der Waals surface area contributed by atoms with Crippen molar-refractivity contribution < 1.29 is 8.98 Å². The third-order valence-corrected chi connectivity index (χ3v) is 12.0. The number of hydrogen-bond acceptors (Lipinski definition) is 1. The fraction of sp³-hybridized carbons (Fsp3) is 0.176. The highest BCUT2D eigenvalue weighted by atomic mass is 28.3. The van der Waals surface area contributed by atoms with Gasteiger partial charge in [-0.3, -0.25) is 0 Å². The maximum Gasteiger partial charge on any atom is 0.216 e.